The molecular formula is C21H30N4O3. The fraction of sp³-hybridized carbons (Fsp3) is 0.429. The second-order valence-electron chi connectivity index (χ2n) is 6.27. The Kier molecular flexibility index (Phi) is 7.92. The first-order valence-electron chi connectivity index (χ1n) is 9.26. The van der Waals surface area contributed by atoms with E-state index in [1.807, 2.05) is 45.2 Å². The van der Waals surface area contributed by atoms with E-state index in [1.54, 1.807) is 21.3 Å². The van der Waals surface area contributed by atoms with Crippen LogP contribution < -0.4 is 24.8 Å². The number of aliphatic imine (C=N–C) groups is 1. The van der Waals surface area contributed by atoms with E-state index in [0.29, 0.717) is 19.0 Å². The highest BCUT2D eigenvalue weighted by Crippen LogP contribution is 2.25. The standard InChI is InChI=1S/C21H30N4O3/c1-7-22-21(24-12-16-8-9-17(26-4)10-19(16)27-5)25-13-18-15(3)20(28-6)14(2)11-23-18/h8-11H,7,12-13H2,1-6H3,(H2,22,24,25). The highest BCUT2D eigenvalue weighted by atomic mass is 16.5. The van der Waals surface area contributed by atoms with E-state index in [0.717, 1.165) is 46.2 Å². The number of guanidine groups is 1. The predicted molar refractivity (Wildman–Crippen MR) is 111 cm³/mol. The van der Waals surface area contributed by atoms with Gasteiger partial charge < -0.3 is 24.8 Å². The van der Waals surface area contributed by atoms with Crippen LogP contribution in [0, 0.1) is 13.8 Å². The minimum absolute atomic E-state index is 0.478. The van der Waals surface area contributed by atoms with Crippen LogP contribution in [0.4, 0.5) is 0 Å². The van der Waals surface area contributed by atoms with Gasteiger partial charge >= 0.3 is 0 Å². The third-order valence-corrected chi connectivity index (χ3v) is 4.42. The van der Waals surface area contributed by atoms with Gasteiger partial charge in [0.15, 0.2) is 5.96 Å². The highest BCUT2D eigenvalue weighted by Gasteiger charge is 2.10. The van der Waals surface area contributed by atoms with Crippen LogP contribution >= 0.6 is 0 Å². The quantitative estimate of drug-likeness (QED) is 0.537. The number of rotatable bonds is 8. The number of aromatic nitrogens is 1. The maximum absolute atomic E-state index is 5.48. The number of nitrogens with one attached hydrogen (secondary N) is 2. The summed E-state index contributed by atoms with van der Waals surface area (Å²) in [5.41, 5.74) is 3.96. The molecule has 1 heterocycles. The van der Waals surface area contributed by atoms with E-state index in [-0.39, 0.29) is 0 Å². The molecular weight excluding hydrogens is 356 g/mol. The van der Waals surface area contributed by atoms with Crippen molar-refractivity contribution in [2.45, 2.75) is 33.9 Å². The lowest BCUT2D eigenvalue weighted by Gasteiger charge is -2.15. The van der Waals surface area contributed by atoms with Crippen molar-refractivity contribution in [1.82, 2.24) is 15.6 Å². The Morgan fingerprint density at radius 2 is 1.86 bits per heavy atom. The molecule has 1 aromatic heterocycles. The number of hydrogen-bond acceptors (Lipinski definition) is 5. The number of pyridine rings is 1. The maximum atomic E-state index is 5.48. The SMILES string of the molecule is CCNC(=NCc1ccc(OC)cc1OC)NCc1ncc(C)c(OC)c1C. The van der Waals surface area contributed by atoms with Crippen LogP contribution in [-0.2, 0) is 13.1 Å². The summed E-state index contributed by atoms with van der Waals surface area (Å²) in [7, 11) is 4.96. The molecule has 0 saturated carbocycles. The van der Waals surface area contributed by atoms with Crippen molar-refractivity contribution in [2.24, 2.45) is 4.99 Å². The smallest absolute Gasteiger partial charge is 0.191 e. The second kappa shape index (κ2) is 10.4. The third kappa shape index (κ3) is 5.28. The molecule has 152 valence electrons. The van der Waals surface area contributed by atoms with E-state index in [9.17, 15) is 0 Å². The molecule has 0 fully saturated rings. The summed E-state index contributed by atoms with van der Waals surface area (Å²) >= 11 is 0. The summed E-state index contributed by atoms with van der Waals surface area (Å²) in [6, 6.07) is 5.72. The first-order chi connectivity index (χ1) is 13.5. The average Bonchev–Trinajstić information content (AvgIpc) is 2.71. The van der Waals surface area contributed by atoms with Gasteiger partial charge in [-0.2, -0.15) is 0 Å². The molecule has 0 radical (unpaired) electrons. The number of methoxy groups -OCH3 is 3. The van der Waals surface area contributed by atoms with Crippen molar-refractivity contribution in [2.75, 3.05) is 27.9 Å². The first kappa shape index (κ1) is 21.3. The number of aryl methyl sites for hydroxylation is 1. The van der Waals surface area contributed by atoms with Gasteiger partial charge in [-0.3, -0.25) is 4.98 Å². The summed E-state index contributed by atoms with van der Waals surface area (Å²) in [5, 5.41) is 6.59. The van der Waals surface area contributed by atoms with E-state index < -0.39 is 0 Å². The molecule has 2 aromatic rings. The van der Waals surface area contributed by atoms with Crippen molar-refractivity contribution in [3.63, 3.8) is 0 Å². The van der Waals surface area contributed by atoms with Gasteiger partial charge in [-0.05, 0) is 32.9 Å². The molecule has 7 heteroatoms. The van der Waals surface area contributed by atoms with Crippen LogP contribution in [-0.4, -0.2) is 38.8 Å². The fourth-order valence-corrected chi connectivity index (χ4v) is 2.91. The maximum Gasteiger partial charge on any atom is 0.191 e. The first-order valence-corrected chi connectivity index (χ1v) is 9.26. The molecule has 0 bridgehead atoms. The molecule has 0 aliphatic rings. The molecule has 0 spiro atoms. The third-order valence-electron chi connectivity index (χ3n) is 4.42. The largest absolute Gasteiger partial charge is 0.497 e. The zero-order valence-electron chi connectivity index (χ0n) is 17.5. The molecule has 2 rings (SSSR count). The van der Waals surface area contributed by atoms with Gasteiger partial charge in [-0.15, -0.1) is 0 Å². The topological polar surface area (TPSA) is 77.0 Å². The van der Waals surface area contributed by atoms with Crippen LogP contribution in [0.5, 0.6) is 17.2 Å². The molecule has 1 aromatic carbocycles. The number of hydrogen-bond donors (Lipinski definition) is 2. The van der Waals surface area contributed by atoms with Gasteiger partial charge in [0.25, 0.3) is 0 Å². The predicted octanol–water partition coefficient (Wildman–Crippen LogP) is 2.98. The summed E-state index contributed by atoms with van der Waals surface area (Å²) in [5.74, 6) is 3.09. The Morgan fingerprint density at radius 1 is 1.07 bits per heavy atom. The van der Waals surface area contributed by atoms with E-state index in [2.05, 4.69) is 20.6 Å². The average molecular weight is 386 g/mol. The van der Waals surface area contributed by atoms with Crippen LogP contribution in [0.2, 0.25) is 0 Å². The van der Waals surface area contributed by atoms with Crippen LogP contribution in [0.3, 0.4) is 0 Å². The number of ether oxygens (including phenoxy) is 3. The van der Waals surface area contributed by atoms with Crippen molar-refractivity contribution >= 4 is 5.96 Å². The zero-order chi connectivity index (χ0) is 20.5. The summed E-state index contributed by atoms with van der Waals surface area (Å²) in [6.45, 7) is 7.82. The van der Waals surface area contributed by atoms with Gasteiger partial charge in [-0.1, -0.05) is 0 Å². The molecule has 7 nitrogen and oxygen atoms in total. The van der Waals surface area contributed by atoms with Crippen LogP contribution in [0.1, 0.15) is 29.3 Å². The highest BCUT2D eigenvalue weighted by molar-refractivity contribution is 5.79. The van der Waals surface area contributed by atoms with E-state index >= 15 is 0 Å². The van der Waals surface area contributed by atoms with E-state index in [4.69, 9.17) is 14.2 Å². The molecule has 0 atom stereocenters. The number of nitrogens with zero attached hydrogens (tertiary/aromatic N) is 2. The Balaban J connectivity index is 2.13. The van der Waals surface area contributed by atoms with Gasteiger partial charge in [0.2, 0.25) is 0 Å². The zero-order valence-corrected chi connectivity index (χ0v) is 17.5. The molecule has 0 aliphatic heterocycles. The Hall–Kier alpha value is -2.96. The lowest BCUT2D eigenvalue weighted by Crippen LogP contribution is -2.37. The Morgan fingerprint density at radius 3 is 2.50 bits per heavy atom. The van der Waals surface area contributed by atoms with Crippen molar-refractivity contribution in [3.8, 4) is 17.2 Å². The molecule has 0 amide bonds. The van der Waals surface area contributed by atoms with E-state index in [1.165, 1.54) is 0 Å². The van der Waals surface area contributed by atoms with Crippen molar-refractivity contribution < 1.29 is 14.2 Å². The minimum atomic E-state index is 0.478. The summed E-state index contributed by atoms with van der Waals surface area (Å²) < 4.78 is 16.2. The lowest BCUT2D eigenvalue weighted by molar-refractivity contribution is 0.391. The molecule has 0 unspecified atom stereocenters. The van der Waals surface area contributed by atoms with Gasteiger partial charge in [0.1, 0.15) is 17.2 Å². The lowest BCUT2D eigenvalue weighted by atomic mass is 10.1. The van der Waals surface area contributed by atoms with Crippen LogP contribution in [0.15, 0.2) is 29.4 Å². The van der Waals surface area contributed by atoms with Gasteiger partial charge in [0, 0.05) is 35.5 Å². The molecule has 2 N–H and O–H groups in total. The van der Waals surface area contributed by atoms with Crippen molar-refractivity contribution in [1.29, 1.82) is 0 Å². The number of benzene rings is 1. The van der Waals surface area contributed by atoms with Gasteiger partial charge in [-0.25, -0.2) is 4.99 Å². The Labute approximate surface area is 167 Å². The molecule has 0 aliphatic carbocycles. The monoisotopic (exact) mass is 386 g/mol. The minimum Gasteiger partial charge on any atom is -0.497 e. The second-order valence-corrected chi connectivity index (χ2v) is 6.27. The molecule has 0 saturated heterocycles. The van der Waals surface area contributed by atoms with Crippen molar-refractivity contribution in [3.05, 3.63) is 46.8 Å². The van der Waals surface area contributed by atoms with Crippen LogP contribution in [0.25, 0.3) is 0 Å². The fourth-order valence-electron chi connectivity index (χ4n) is 2.91. The molecule has 28 heavy (non-hydrogen) atoms. The summed E-state index contributed by atoms with van der Waals surface area (Å²) in [4.78, 5) is 9.19. The van der Waals surface area contributed by atoms with Gasteiger partial charge in [0.05, 0.1) is 40.1 Å². The normalized spacial score (nSPS) is 11.1. The Bertz CT molecular complexity index is 822. The summed E-state index contributed by atoms with van der Waals surface area (Å²) in [6.07, 6.45) is 1.83.